The van der Waals surface area contributed by atoms with Gasteiger partial charge < -0.3 is 0 Å². The Balaban J connectivity index is 2.38. The first-order chi connectivity index (χ1) is 9.60. The Kier molecular flexibility index (Phi) is 5.67. The van der Waals surface area contributed by atoms with Crippen LogP contribution in [0.2, 0.25) is 0 Å². The van der Waals surface area contributed by atoms with E-state index in [2.05, 4.69) is 0 Å². The van der Waals surface area contributed by atoms with Gasteiger partial charge in [-0.3, -0.25) is 4.79 Å². The van der Waals surface area contributed by atoms with E-state index >= 15 is 0 Å². The van der Waals surface area contributed by atoms with Gasteiger partial charge in [-0.1, -0.05) is 13.8 Å². The predicted molar refractivity (Wildman–Crippen MR) is 89.8 cm³/mol. The summed E-state index contributed by atoms with van der Waals surface area (Å²) in [5, 5.41) is 3.64. The highest BCUT2D eigenvalue weighted by molar-refractivity contribution is 7.16. The van der Waals surface area contributed by atoms with Gasteiger partial charge in [-0.25, -0.2) is 0 Å². The summed E-state index contributed by atoms with van der Waals surface area (Å²) < 4.78 is 0. The third-order valence-corrected chi connectivity index (χ3v) is 6.14. The molecule has 0 aliphatic carbocycles. The number of alkyl halides is 2. The lowest BCUT2D eigenvalue weighted by Crippen LogP contribution is -2.04. The van der Waals surface area contributed by atoms with Crippen molar-refractivity contribution in [1.29, 1.82) is 0 Å². The van der Waals surface area contributed by atoms with Crippen LogP contribution in [0.15, 0.2) is 22.9 Å². The van der Waals surface area contributed by atoms with E-state index in [4.69, 9.17) is 23.2 Å². The van der Waals surface area contributed by atoms with Gasteiger partial charge in [0.05, 0.1) is 20.5 Å². The number of rotatable bonds is 6. The van der Waals surface area contributed by atoms with Crippen LogP contribution in [0.3, 0.4) is 0 Å². The highest BCUT2D eigenvalue weighted by atomic mass is 35.5. The number of carbonyl (C=O) groups is 1. The SMILES string of the molecule is CCC(Cl)c1ccsc1C(=O)c1sccc1C(Cl)CC. The maximum atomic E-state index is 12.8. The third kappa shape index (κ3) is 3.11. The molecule has 0 saturated heterocycles. The Labute approximate surface area is 137 Å². The van der Waals surface area contributed by atoms with E-state index < -0.39 is 0 Å². The fourth-order valence-corrected chi connectivity index (χ4v) is 4.41. The fourth-order valence-electron chi connectivity index (χ4n) is 2.04. The molecule has 0 saturated carbocycles. The zero-order valence-corrected chi connectivity index (χ0v) is 14.5. The highest BCUT2D eigenvalue weighted by Crippen LogP contribution is 2.36. The van der Waals surface area contributed by atoms with Gasteiger partial charge in [0.1, 0.15) is 0 Å². The number of ketones is 1. The van der Waals surface area contributed by atoms with Gasteiger partial charge >= 0.3 is 0 Å². The summed E-state index contributed by atoms with van der Waals surface area (Å²) in [4.78, 5) is 14.2. The third-order valence-electron chi connectivity index (χ3n) is 3.20. The maximum absolute atomic E-state index is 12.8. The van der Waals surface area contributed by atoms with Gasteiger partial charge in [0, 0.05) is 0 Å². The number of carbonyl (C=O) groups excluding carboxylic acids is 1. The molecule has 0 fully saturated rings. The molecule has 0 aromatic carbocycles. The van der Waals surface area contributed by atoms with Crippen LogP contribution in [0.4, 0.5) is 0 Å². The quantitative estimate of drug-likeness (QED) is 0.435. The van der Waals surface area contributed by atoms with Crippen LogP contribution in [-0.4, -0.2) is 5.78 Å². The van der Waals surface area contributed by atoms with Crippen molar-refractivity contribution in [1.82, 2.24) is 0 Å². The molecule has 5 heteroatoms. The van der Waals surface area contributed by atoms with E-state index in [1.807, 2.05) is 36.7 Å². The minimum atomic E-state index is -0.110. The van der Waals surface area contributed by atoms with Crippen LogP contribution in [0, 0.1) is 0 Å². The van der Waals surface area contributed by atoms with Crippen LogP contribution in [0.25, 0.3) is 0 Å². The molecule has 0 radical (unpaired) electrons. The molecule has 2 atom stereocenters. The second kappa shape index (κ2) is 7.08. The molecule has 2 aromatic rings. The van der Waals surface area contributed by atoms with Crippen molar-refractivity contribution in [3.8, 4) is 0 Å². The zero-order chi connectivity index (χ0) is 14.7. The van der Waals surface area contributed by atoms with Gasteiger partial charge in [-0.2, -0.15) is 0 Å². The molecule has 2 unspecified atom stereocenters. The Morgan fingerprint density at radius 1 is 1.00 bits per heavy atom. The Hall–Kier alpha value is -0.350. The highest BCUT2D eigenvalue weighted by Gasteiger charge is 2.24. The molecular weight excluding hydrogens is 331 g/mol. The summed E-state index contributed by atoms with van der Waals surface area (Å²) in [5.41, 5.74) is 1.87. The summed E-state index contributed by atoms with van der Waals surface area (Å²) in [7, 11) is 0. The lowest BCUT2D eigenvalue weighted by molar-refractivity contribution is 0.104. The monoisotopic (exact) mass is 346 g/mol. The summed E-state index contributed by atoms with van der Waals surface area (Å²) in [5.74, 6) is 0.0539. The average molecular weight is 347 g/mol. The standard InChI is InChI=1S/C15H16Cl2OS2/c1-3-11(16)9-5-7-19-14(9)13(18)15-10(6-8-20-15)12(17)4-2/h5-8,11-12H,3-4H2,1-2H3. The van der Waals surface area contributed by atoms with E-state index in [9.17, 15) is 4.79 Å². The first-order valence-corrected chi connectivity index (χ1v) is 9.20. The molecule has 0 bridgehead atoms. The zero-order valence-electron chi connectivity index (χ0n) is 11.4. The van der Waals surface area contributed by atoms with Crippen LogP contribution >= 0.6 is 45.9 Å². The van der Waals surface area contributed by atoms with Crippen molar-refractivity contribution >= 4 is 51.7 Å². The summed E-state index contributed by atoms with van der Waals surface area (Å²) in [6, 6.07) is 3.90. The van der Waals surface area contributed by atoms with E-state index in [-0.39, 0.29) is 16.5 Å². The molecule has 2 heterocycles. The van der Waals surface area contributed by atoms with Crippen molar-refractivity contribution < 1.29 is 4.79 Å². The van der Waals surface area contributed by atoms with Crippen molar-refractivity contribution in [2.45, 2.75) is 37.4 Å². The first kappa shape index (κ1) is 16.0. The molecule has 2 aromatic heterocycles. The minimum Gasteiger partial charge on any atom is -0.287 e. The first-order valence-electron chi connectivity index (χ1n) is 6.57. The van der Waals surface area contributed by atoms with Crippen LogP contribution < -0.4 is 0 Å². The topological polar surface area (TPSA) is 17.1 Å². The summed E-state index contributed by atoms with van der Waals surface area (Å²) >= 11 is 15.5. The van der Waals surface area contributed by atoms with Gasteiger partial charge in [-0.15, -0.1) is 45.9 Å². The van der Waals surface area contributed by atoms with Gasteiger partial charge in [0.15, 0.2) is 0 Å². The van der Waals surface area contributed by atoms with Crippen molar-refractivity contribution in [2.75, 3.05) is 0 Å². The van der Waals surface area contributed by atoms with E-state index in [1.54, 1.807) is 0 Å². The van der Waals surface area contributed by atoms with Crippen LogP contribution in [0.1, 0.15) is 63.1 Å². The van der Waals surface area contributed by atoms with E-state index in [0.717, 1.165) is 33.7 Å². The number of halogens is 2. The molecular formula is C15H16Cl2OS2. The second-order valence-corrected chi connectivity index (χ2v) is 7.38. The minimum absolute atomic E-state index is 0.0539. The summed E-state index contributed by atoms with van der Waals surface area (Å²) in [6.07, 6.45) is 1.62. The van der Waals surface area contributed by atoms with Gasteiger partial charge in [0.25, 0.3) is 0 Å². The van der Waals surface area contributed by atoms with Gasteiger partial charge in [0.2, 0.25) is 5.78 Å². The van der Waals surface area contributed by atoms with Crippen LogP contribution in [-0.2, 0) is 0 Å². The number of hydrogen-bond donors (Lipinski definition) is 0. The molecule has 0 aliphatic rings. The van der Waals surface area contributed by atoms with Gasteiger partial charge in [-0.05, 0) is 46.9 Å². The molecule has 0 spiro atoms. The smallest absolute Gasteiger partial charge is 0.213 e. The van der Waals surface area contributed by atoms with E-state index in [0.29, 0.717) is 0 Å². The molecule has 2 rings (SSSR count). The molecule has 0 N–H and O–H groups in total. The predicted octanol–water partition coefficient (Wildman–Crippen LogP) is 6.42. The molecule has 20 heavy (non-hydrogen) atoms. The Morgan fingerprint density at radius 3 is 1.75 bits per heavy atom. The maximum Gasteiger partial charge on any atom is 0.213 e. The van der Waals surface area contributed by atoms with Crippen LogP contribution in [0.5, 0.6) is 0 Å². The Morgan fingerprint density at radius 2 is 1.40 bits per heavy atom. The van der Waals surface area contributed by atoms with Crippen molar-refractivity contribution in [2.24, 2.45) is 0 Å². The molecule has 0 aliphatic heterocycles. The number of thiophene rings is 2. The normalized spacial score (nSPS) is 14.2. The lowest BCUT2D eigenvalue weighted by atomic mass is 10.0. The summed E-state index contributed by atoms with van der Waals surface area (Å²) in [6.45, 7) is 4.04. The molecule has 0 amide bonds. The molecule has 108 valence electrons. The van der Waals surface area contributed by atoms with E-state index in [1.165, 1.54) is 22.7 Å². The second-order valence-electron chi connectivity index (χ2n) is 4.49. The van der Waals surface area contributed by atoms with Crippen molar-refractivity contribution in [3.63, 3.8) is 0 Å². The van der Waals surface area contributed by atoms with Crippen molar-refractivity contribution in [3.05, 3.63) is 43.8 Å². The molecule has 1 nitrogen and oxygen atoms in total. The largest absolute Gasteiger partial charge is 0.287 e. The lowest BCUT2D eigenvalue weighted by Gasteiger charge is -2.10. The number of hydrogen-bond acceptors (Lipinski definition) is 3. The average Bonchev–Trinajstić information content (AvgIpc) is 3.13. The fraction of sp³-hybridized carbons (Fsp3) is 0.400. The Bertz CT molecular complexity index is 538.